The van der Waals surface area contributed by atoms with Gasteiger partial charge in [0, 0.05) is 5.57 Å². The maximum absolute atomic E-state index is 11.6. The average Bonchev–Trinajstić information content (AvgIpc) is 2.54. The van der Waals surface area contributed by atoms with Gasteiger partial charge in [0.1, 0.15) is 5.75 Å². The molecule has 0 spiro atoms. The third-order valence-electron chi connectivity index (χ3n) is 2.45. The van der Waals surface area contributed by atoms with Crippen molar-refractivity contribution in [2.75, 3.05) is 0 Å². The van der Waals surface area contributed by atoms with Crippen LogP contribution in [0, 0.1) is 0 Å². The third-order valence-corrected chi connectivity index (χ3v) is 2.45. The van der Waals surface area contributed by atoms with E-state index in [9.17, 15) is 14.4 Å². The molecule has 1 aliphatic heterocycles. The molecule has 2 rings (SSSR count). The molecule has 0 unspecified atom stereocenters. The largest absolute Gasteiger partial charge is 0.423 e. The van der Waals surface area contributed by atoms with Crippen molar-refractivity contribution in [2.24, 2.45) is 5.84 Å². The van der Waals surface area contributed by atoms with Gasteiger partial charge >= 0.3 is 5.97 Å². The van der Waals surface area contributed by atoms with Gasteiger partial charge in [-0.1, -0.05) is 6.58 Å². The Labute approximate surface area is 103 Å². The quantitative estimate of drug-likeness (QED) is 0.206. The molecule has 6 nitrogen and oxygen atoms in total. The molecule has 0 bridgehead atoms. The summed E-state index contributed by atoms with van der Waals surface area (Å²) in [6, 6.07) is 4.12. The number of carbonyl (C=O) groups is 3. The number of imide groups is 1. The van der Waals surface area contributed by atoms with E-state index in [1.807, 2.05) is 0 Å². The lowest BCUT2D eigenvalue weighted by Crippen LogP contribution is -2.36. The SMILES string of the molecule is C=C(C)C(=O)Oc1ccc2c(c1)C(=O)N(N)C2=O. The summed E-state index contributed by atoms with van der Waals surface area (Å²) in [6.45, 7) is 4.94. The molecule has 2 amide bonds. The van der Waals surface area contributed by atoms with E-state index in [4.69, 9.17) is 10.6 Å². The van der Waals surface area contributed by atoms with Crippen LogP contribution < -0.4 is 10.6 Å². The second-order valence-electron chi connectivity index (χ2n) is 3.86. The van der Waals surface area contributed by atoms with Gasteiger partial charge in [-0.05, 0) is 25.1 Å². The van der Waals surface area contributed by atoms with Crippen LogP contribution in [0.4, 0.5) is 0 Å². The lowest BCUT2D eigenvalue weighted by Gasteiger charge is -2.04. The Morgan fingerprint density at radius 2 is 1.89 bits per heavy atom. The number of ether oxygens (including phenoxy) is 1. The number of esters is 1. The maximum atomic E-state index is 11.6. The minimum Gasteiger partial charge on any atom is -0.423 e. The van der Waals surface area contributed by atoms with E-state index in [0.717, 1.165) is 0 Å². The molecule has 0 saturated carbocycles. The molecule has 0 fully saturated rings. The van der Waals surface area contributed by atoms with E-state index in [1.54, 1.807) is 0 Å². The van der Waals surface area contributed by atoms with Gasteiger partial charge in [-0.15, -0.1) is 0 Å². The number of fused-ring (bicyclic) bond motifs is 1. The zero-order chi connectivity index (χ0) is 13.4. The van der Waals surface area contributed by atoms with E-state index in [0.29, 0.717) is 5.01 Å². The molecule has 0 aliphatic carbocycles. The number of hydrogen-bond donors (Lipinski definition) is 1. The summed E-state index contributed by atoms with van der Waals surface area (Å²) in [5.41, 5.74) is 0.547. The van der Waals surface area contributed by atoms with E-state index in [1.165, 1.54) is 25.1 Å². The molecule has 2 N–H and O–H groups in total. The minimum atomic E-state index is -0.622. The summed E-state index contributed by atoms with van der Waals surface area (Å²) >= 11 is 0. The van der Waals surface area contributed by atoms with Gasteiger partial charge < -0.3 is 4.74 Å². The van der Waals surface area contributed by atoms with E-state index in [2.05, 4.69) is 6.58 Å². The van der Waals surface area contributed by atoms with Gasteiger partial charge in [0.15, 0.2) is 0 Å². The van der Waals surface area contributed by atoms with E-state index < -0.39 is 17.8 Å². The number of rotatable bonds is 2. The number of nitrogens with two attached hydrogens (primary N) is 1. The Morgan fingerprint density at radius 3 is 2.50 bits per heavy atom. The van der Waals surface area contributed by atoms with Gasteiger partial charge in [-0.3, -0.25) is 9.59 Å². The minimum absolute atomic E-state index is 0.120. The highest BCUT2D eigenvalue weighted by molar-refractivity contribution is 6.21. The monoisotopic (exact) mass is 246 g/mol. The molecule has 92 valence electrons. The molecule has 1 aliphatic rings. The van der Waals surface area contributed by atoms with Crippen LogP contribution in [0.25, 0.3) is 0 Å². The van der Waals surface area contributed by atoms with Crippen LogP contribution in [0.3, 0.4) is 0 Å². The Bertz CT molecular complexity index is 592. The van der Waals surface area contributed by atoms with Crippen molar-refractivity contribution in [2.45, 2.75) is 6.92 Å². The second-order valence-corrected chi connectivity index (χ2v) is 3.86. The summed E-state index contributed by atoms with van der Waals surface area (Å²) in [5.74, 6) is 3.65. The summed E-state index contributed by atoms with van der Waals surface area (Å²) in [6.07, 6.45) is 0. The zero-order valence-corrected chi connectivity index (χ0v) is 9.60. The normalized spacial score (nSPS) is 13.6. The number of hydrogen-bond acceptors (Lipinski definition) is 5. The summed E-state index contributed by atoms with van der Waals surface area (Å²) in [5, 5.41) is 0.523. The molecule has 6 heteroatoms. The van der Waals surface area contributed by atoms with Crippen LogP contribution in [-0.2, 0) is 4.79 Å². The summed E-state index contributed by atoms with van der Waals surface area (Å²) in [7, 11) is 0. The fourth-order valence-corrected chi connectivity index (χ4v) is 1.50. The molecule has 18 heavy (non-hydrogen) atoms. The van der Waals surface area contributed by atoms with Crippen LogP contribution in [0.2, 0.25) is 0 Å². The number of benzene rings is 1. The Balaban J connectivity index is 2.35. The molecule has 1 heterocycles. The molecular weight excluding hydrogens is 236 g/mol. The maximum Gasteiger partial charge on any atom is 0.338 e. The Morgan fingerprint density at radius 1 is 1.28 bits per heavy atom. The van der Waals surface area contributed by atoms with Crippen LogP contribution >= 0.6 is 0 Å². The zero-order valence-electron chi connectivity index (χ0n) is 9.60. The van der Waals surface area contributed by atoms with Crippen molar-refractivity contribution >= 4 is 17.8 Å². The van der Waals surface area contributed by atoms with Gasteiger partial charge in [-0.2, -0.15) is 0 Å². The molecule has 0 atom stereocenters. The first-order valence-electron chi connectivity index (χ1n) is 5.07. The second kappa shape index (κ2) is 4.08. The van der Waals surface area contributed by atoms with Gasteiger partial charge in [0.25, 0.3) is 11.8 Å². The molecular formula is C12H10N2O4. The first-order chi connectivity index (χ1) is 8.41. The molecule has 1 aromatic rings. The number of amides is 2. The van der Waals surface area contributed by atoms with Crippen molar-refractivity contribution in [1.29, 1.82) is 0 Å². The van der Waals surface area contributed by atoms with Crippen LogP contribution in [0.5, 0.6) is 5.75 Å². The highest BCUT2D eigenvalue weighted by Gasteiger charge is 2.34. The fourth-order valence-electron chi connectivity index (χ4n) is 1.50. The predicted molar refractivity (Wildman–Crippen MR) is 61.6 cm³/mol. The van der Waals surface area contributed by atoms with E-state index >= 15 is 0 Å². The lowest BCUT2D eigenvalue weighted by atomic mass is 10.1. The van der Waals surface area contributed by atoms with Crippen molar-refractivity contribution in [3.05, 3.63) is 41.5 Å². The number of carbonyl (C=O) groups excluding carboxylic acids is 3. The fraction of sp³-hybridized carbons (Fsp3) is 0.0833. The molecule has 0 radical (unpaired) electrons. The highest BCUT2D eigenvalue weighted by atomic mass is 16.5. The van der Waals surface area contributed by atoms with E-state index in [-0.39, 0.29) is 22.4 Å². The first-order valence-corrected chi connectivity index (χ1v) is 5.07. The van der Waals surface area contributed by atoms with Crippen LogP contribution in [-0.4, -0.2) is 22.8 Å². The van der Waals surface area contributed by atoms with Gasteiger partial charge in [-0.25, -0.2) is 15.6 Å². The summed E-state index contributed by atoms with van der Waals surface area (Å²) in [4.78, 5) is 34.4. The standard InChI is InChI=1S/C12H10N2O4/c1-6(2)12(17)18-7-3-4-8-9(5-7)11(16)14(13)10(8)15/h3-5H,1,13H2,2H3. The highest BCUT2D eigenvalue weighted by Crippen LogP contribution is 2.25. The molecule has 0 aromatic heterocycles. The van der Waals surface area contributed by atoms with Crippen molar-refractivity contribution in [1.82, 2.24) is 5.01 Å². The van der Waals surface area contributed by atoms with Crippen molar-refractivity contribution in [3.63, 3.8) is 0 Å². The van der Waals surface area contributed by atoms with Crippen LogP contribution in [0.15, 0.2) is 30.4 Å². The van der Waals surface area contributed by atoms with Gasteiger partial charge in [0.05, 0.1) is 11.1 Å². The lowest BCUT2D eigenvalue weighted by molar-refractivity contribution is -0.130. The van der Waals surface area contributed by atoms with Crippen molar-refractivity contribution < 1.29 is 19.1 Å². The summed E-state index contributed by atoms with van der Waals surface area (Å²) < 4.78 is 4.96. The smallest absolute Gasteiger partial charge is 0.338 e. The Hall–Kier alpha value is -2.47. The molecule has 1 aromatic carbocycles. The van der Waals surface area contributed by atoms with Gasteiger partial charge in [0.2, 0.25) is 0 Å². The Kier molecular flexibility index (Phi) is 2.72. The third kappa shape index (κ3) is 1.78. The van der Waals surface area contributed by atoms with Crippen molar-refractivity contribution in [3.8, 4) is 5.75 Å². The van der Waals surface area contributed by atoms with Crippen LogP contribution in [0.1, 0.15) is 27.6 Å². The average molecular weight is 246 g/mol. The molecule has 0 saturated heterocycles. The predicted octanol–water partition coefficient (Wildman–Crippen LogP) is 0.638. The number of nitrogens with zero attached hydrogens (tertiary/aromatic N) is 1. The number of hydrazine groups is 1. The first kappa shape index (κ1) is 12.0. The topological polar surface area (TPSA) is 89.7 Å².